The van der Waals surface area contributed by atoms with Crippen molar-refractivity contribution in [1.82, 2.24) is 9.80 Å². The summed E-state index contributed by atoms with van der Waals surface area (Å²) < 4.78 is 42.4. The smallest absolute Gasteiger partial charge is 0.465 e. The van der Waals surface area contributed by atoms with Crippen molar-refractivity contribution in [3.05, 3.63) is 65.7 Å². The Morgan fingerprint density at radius 1 is 1.12 bits per heavy atom. The van der Waals surface area contributed by atoms with Crippen LogP contribution in [0.2, 0.25) is 25.7 Å². The zero-order valence-electron chi connectivity index (χ0n) is 19.2. The molecule has 5 nitrogen and oxygen atoms in total. The van der Waals surface area contributed by atoms with E-state index in [1.807, 2.05) is 30.3 Å². The highest BCUT2D eigenvalue weighted by Crippen LogP contribution is 2.35. The Labute approximate surface area is 193 Å². The Kier molecular flexibility index (Phi) is 7.74. The standard InChI is InChI=1S/C24H31F3N2O3Si/c1-33(2,3)13-12-29(23(30)31)22-17-28(15-18-8-5-4-6-9-18)16-21(22)19-10-7-11-20(14-19)32-24(25,26)27/h4-11,14,21-22H,12-13,15-17H2,1-3H3,(H,30,31)/t21-,22+/m0/s1. The third-order valence-electron chi connectivity index (χ3n) is 5.88. The molecule has 2 aromatic rings. The molecule has 2 aromatic carbocycles. The Balaban J connectivity index is 1.89. The summed E-state index contributed by atoms with van der Waals surface area (Å²) in [5, 5.41) is 10.0. The minimum absolute atomic E-state index is 0.261. The van der Waals surface area contributed by atoms with Crippen molar-refractivity contribution in [1.29, 1.82) is 0 Å². The average Bonchev–Trinajstić information content (AvgIpc) is 3.10. The molecule has 1 N–H and O–H groups in total. The maximum atomic E-state index is 12.8. The number of nitrogens with zero attached hydrogens (tertiary/aromatic N) is 2. The molecule has 1 heterocycles. The molecular formula is C24H31F3N2O3Si. The molecule has 1 saturated heterocycles. The lowest BCUT2D eigenvalue weighted by Crippen LogP contribution is -2.45. The molecule has 0 bridgehead atoms. The first-order valence-corrected chi connectivity index (χ1v) is 14.7. The number of benzene rings is 2. The molecule has 0 spiro atoms. The van der Waals surface area contributed by atoms with Crippen LogP contribution in [0.3, 0.4) is 0 Å². The Bertz CT molecular complexity index is 935. The van der Waals surface area contributed by atoms with Gasteiger partial charge in [-0.05, 0) is 29.3 Å². The third-order valence-corrected chi connectivity index (χ3v) is 7.61. The number of rotatable bonds is 8. The summed E-state index contributed by atoms with van der Waals surface area (Å²) >= 11 is 0. The van der Waals surface area contributed by atoms with Gasteiger partial charge in [0.05, 0.1) is 6.04 Å². The second-order valence-corrected chi connectivity index (χ2v) is 15.4. The third kappa shape index (κ3) is 7.50. The largest absolute Gasteiger partial charge is 0.573 e. The lowest BCUT2D eigenvalue weighted by atomic mass is 9.93. The first-order chi connectivity index (χ1) is 15.4. The average molecular weight is 481 g/mol. The van der Waals surface area contributed by atoms with E-state index in [9.17, 15) is 23.1 Å². The SMILES string of the molecule is C[Si](C)(C)CCN(C(=O)O)[C@@H]1CN(Cc2ccccc2)C[C@H]1c1cccc(OC(F)(F)F)c1. The topological polar surface area (TPSA) is 53.0 Å². The van der Waals surface area contributed by atoms with E-state index in [2.05, 4.69) is 29.3 Å². The number of carboxylic acid groups (broad SMARTS) is 1. The number of hydrogen-bond donors (Lipinski definition) is 1. The van der Waals surface area contributed by atoms with Gasteiger partial charge < -0.3 is 14.7 Å². The van der Waals surface area contributed by atoms with E-state index < -0.39 is 20.5 Å². The molecule has 180 valence electrons. The van der Waals surface area contributed by atoms with Gasteiger partial charge in [0.2, 0.25) is 0 Å². The Morgan fingerprint density at radius 2 is 1.82 bits per heavy atom. The lowest BCUT2D eigenvalue weighted by molar-refractivity contribution is -0.274. The molecule has 9 heteroatoms. The first-order valence-electron chi connectivity index (χ1n) is 11.0. The normalized spacial score (nSPS) is 19.5. The highest BCUT2D eigenvalue weighted by molar-refractivity contribution is 6.76. The minimum Gasteiger partial charge on any atom is -0.465 e. The number of amides is 1. The molecule has 1 aliphatic rings. The van der Waals surface area contributed by atoms with E-state index in [4.69, 9.17) is 0 Å². The Morgan fingerprint density at radius 3 is 2.42 bits per heavy atom. The van der Waals surface area contributed by atoms with Crippen LogP contribution in [-0.2, 0) is 6.54 Å². The highest BCUT2D eigenvalue weighted by Gasteiger charge is 2.40. The van der Waals surface area contributed by atoms with Gasteiger partial charge in [0.1, 0.15) is 5.75 Å². The number of halogens is 3. The summed E-state index contributed by atoms with van der Waals surface area (Å²) in [6.45, 7) is 8.71. The molecular weight excluding hydrogens is 449 g/mol. The summed E-state index contributed by atoms with van der Waals surface area (Å²) in [5.41, 5.74) is 1.76. The van der Waals surface area contributed by atoms with Crippen LogP contribution in [0.1, 0.15) is 17.0 Å². The van der Waals surface area contributed by atoms with Crippen LogP contribution in [0.4, 0.5) is 18.0 Å². The van der Waals surface area contributed by atoms with E-state index in [0.717, 1.165) is 11.6 Å². The fourth-order valence-electron chi connectivity index (χ4n) is 4.28. The molecule has 1 fully saturated rings. The van der Waals surface area contributed by atoms with Crippen molar-refractivity contribution in [2.45, 2.75) is 50.6 Å². The van der Waals surface area contributed by atoms with Gasteiger partial charge in [-0.15, -0.1) is 13.2 Å². The monoisotopic (exact) mass is 480 g/mol. The van der Waals surface area contributed by atoms with E-state index in [-0.39, 0.29) is 17.7 Å². The maximum Gasteiger partial charge on any atom is 0.573 e. The van der Waals surface area contributed by atoms with Crippen molar-refractivity contribution in [2.75, 3.05) is 19.6 Å². The van der Waals surface area contributed by atoms with Gasteiger partial charge in [-0.3, -0.25) is 4.90 Å². The van der Waals surface area contributed by atoms with Gasteiger partial charge >= 0.3 is 12.5 Å². The maximum absolute atomic E-state index is 12.8. The van der Waals surface area contributed by atoms with Crippen molar-refractivity contribution in [2.24, 2.45) is 0 Å². The predicted molar refractivity (Wildman–Crippen MR) is 124 cm³/mol. The Hall–Kier alpha value is -2.52. The zero-order chi connectivity index (χ0) is 24.2. The molecule has 0 radical (unpaired) electrons. The van der Waals surface area contributed by atoms with Crippen molar-refractivity contribution < 1.29 is 27.8 Å². The number of hydrogen-bond acceptors (Lipinski definition) is 3. The second-order valence-electron chi connectivity index (χ2n) is 9.76. The van der Waals surface area contributed by atoms with E-state index >= 15 is 0 Å². The summed E-state index contributed by atoms with van der Waals surface area (Å²) in [7, 11) is -1.50. The van der Waals surface area contributed by atoms with Crippen LogP contribution >= 0.6 is 0 Å². The molecule has 1 amide bonds. The highest BCUT2D eigenvalue weighted by atomic mass is 28.3. The molecule has 0 saturated carbocycles. The van der Waals surface area contributed by atoms with Gasteiger partial charge in [-0.1, -0.05) is 62.1 Å². The molecule has 0 aromatic heterocycles. The van der Waals surface area contributed by atoms with Crippen molar-refractivity contribution in [3.8, 4) is 5.75 Å². The van der Waals surface area contributed by atoms with Gasteiger partial charge in [0, 0.05) is 40.2 Å². The summed E-state index contributed by atoms with van der Waals surface area (Å²) in [6.07, 6.45) is -5.77. The van der Waals surface area contributed by atoms with Gasteiger partial charge in [0.15, 0.2) is 0 Å². The molecule has 0 unspecified atom stereocenters. The second kappa shape index (κ2) is 10.2. The molecule has 1 aliphatic heterocycles. The minimum atomic E-state index is -4.78. The zero-order valence-corrected chi connectivity index (χ0v) is 20.2. The quantitative estimate of drug-likeness (QED) is 0.480. The summed E-state index contributed by atoms with van der Waals surface area (Å²) in [4.78, 5) is 15.9. The van der Waals surface area contributed by atoms with E-state index in [1.165, 1.54) is 23.1 Å². The van der Waals surface area contributed by atoms with E-state index in [0.29, 0.717) is 31.7 Å². The van der Waals surface area contributed by atoms with Crippen LogP contribution < -0.4 is 4.74 Å². The molecule has 0 aliphatic carbocycles. The van der Waals surface area contributed by atoms with Gasteiger partial charge in [-0.2, -0.15) is 0 Å². The van der Waals surface area contributed by atoms with Crippen LogP contribution in [0.15, 0.2) is 54.6 Å². The number of alkyl halides is 3. The van der Waals surface area contributed by atoms with E-state index in [1.54, 1.807) is 6.07 Å². The molecule has 33 heavy (non-hydrogen) atoms. The fourth-order valence-corrected chi connectivity index (χ4v) is 5.19. The fraction of sp³-hybridized carbons (Fsp3) is 0.458. The van der Waals surface area contributed by atoms with Crippen LogP contribution in [0, 0.1) is 0 Å². The summed E-state index contributed by atoms with van der Waals surface area (Å²) in [5.74, 6) is -0.549. The molecule has 2 atom stereocenters. The number of ether oxygens (including phenoxy) is 1. The number of likely N-dealkylation sites (tertiary alicyclic amines) is 1. The van der Waals surface area contributed by atoms with Crippen molar-refractivity contribution in [3.63, 3.8) is 0 Å². The summed E-state index contributed by atoms with van der Waals surface area (Å²) in [6, 6.07) is 16.3. The van der Waals surface area contributed by atoms with Gasteiger partial charge in [-0.25, -0.2) is 4.79 Å². The first kappa shape index (κ1) is 25.1. The molecule has 3 rings (SSSR count). The number of carbonyl (C=O) groups is 1. The van der Waals surface area contributed by atoms with Crippen LogP contribution in [0.5, 0.6) is 5.75 Å². The lowest BCUT2D eigenvalue weighted by Gasteiger charge is -2.32. The predicted octanol–water partition coefficient (Wildman–Crippen LogP) is 5.87. The van der Waals surface area contributed by atoms with Crippen LogP contribution in [-0.4, -0.2) is 61.1 Å². The van der Waals surface area contributed by atoms with Crippen LogP contribution in [0.25, 0.3) is 0 Å². The van der Waals surface area contributed by atoms with Gasteiger partial charge in [0.25, 0.3) is 0 Å². The van der Waals surface area contributed by atoms with Crippen molar-refractivity contribution >= 4 is 14.2 Å².